The molecule has 0 amide bonds. The van der Waals surface area contributed by atoms with Gasteiger partial charge in [-0.3, -0.25) is 0 Å². The molecular weight excluding hydrogens is 349 g/mol. The minimum absolute atomic E-state index is 0.304. The maximum absolute atomic E-state index is 12.5. The third kappa shape index (κ3) is 4.02. The predicted molar refractivity (Wildman–Crippen MR) is 105 cm³/mol. The Bertz CT molecular complexity index is 1020. The average molecular weight is 372 g/mol. The lowest BCUT2D eigenvalue weighted by molar-refractivity contribution is -0.146. The molecule has 4 aromatic rings. The lowest BCUT2D eigenvalue weighted by atomic mass is 10.0. The number of halogens is 3. The van der Waals surface area contributed by atoms with Gasteiger partial charge in [0.1, 0.15) is 0 Å². The van der Waals surface area contributed by atoms with Crippen molar-refractivity contribution < 1.29 is 13.2 Å². The summed E-state index contributed by atoms with van der Waals surface area (Å²) in [7, 11) is 0. The number of rotatable bonds is 2. The van der Waals surface area contributed by atoms with Crippen molar-refractivity contribution in [3.05, 3.63) is 72.1 Å². The number of benzene rings is 2. The van der Waals surface area contributed by atoms with E-state index in [-0.39, 0.29) is 0 Å². The summed E-state index contributed by atoms with van der Waals surface area (Å²) in [6.07, 6.45) is -0.650. The molecule has 1 atom stereocenters. The first-order chi connectivity index (χ1) is 12.8. The van der Waals surface area contributed by atoms with Gasteiger partial charge in [-0.1, -0.05) is 50.2 Å². The SMILES string of the molecule is CC(C)c1c[nH]c2ccccc12.CC(c1c[nH]c2ccccc12)C(F)(F)F. The fourth-order valence-electron chi connectivity index (χ4n) is 3.20. The highest BCUT2D eigenvalue weighted by Crippen LogP contribution is 2.37. The highest BCUT2D eigenvalue weighted by molar-refractivity contribution is 5.84. The molecule has 0 saturated carbocycles. The molecule has 142 valence electrons. The first-order valence-corrected chi connectivity index (χ1v) is 8.97. The topological polar surface area (TPSA) is 31.6 Å². The number of hydrogen-bond acceptors (Lipinski definition) is 0. The van der Waals surface area contributed by atoms with Crippen molar-refractivity contribution in [1.82, 2.24) is 9.97 Å². The van der Waals surface area contributed by atoms with E-state index in [0.29, 0.717) is 16.9 Å². The van der Waals surface area contributed by atoms with Crippen molar-refractivity contribution in [3.8, 4) is 0 Å². The summed E-state index contributed by atoms with van der Waals surface area (Å²) in [5.74, 6) is -0.838. The zero-order valence-corrected chi connectivity index (χ0v) is 15.6. The van der Waals surface area contributed by atoms with Gasteiger partial charge in [0.05, 0.1) is 5.92 Å². The fraction of sp³-hybridized carbons (Fsp3) is 0.273. The molecule has 2 nitrogen and oxygen atoms in total. The summed E-state index contributed by atoms with van der Waals surface area (Å²) in [6.45, 7) is 5.61. The second-order valence-electron chi connectivity index (χ2n) is 7.00. The summed E-state index contributed by atoms with van der Waals surface area (Å²) < 4.78 is 37.6. The van der Waals surface area contributed by atoms with Crippen LogP contribution in [-0.4, -0.2) is 16.1 Å². The number of hydrogen-bond donors (Lipinski definition) is 2. The summed E-state index contributed by atoms with van der Waals surface area (Å²) in [4.78, 5) is 6.11. The average Bonchev–Trinajstić information content (AvgIpc) is 3.25. The quantitative estimate of drug-likeness (QED) is 0.375. The zero-order chi connectivity index (χ0) is 19.6. The van der Waals surface area contributed by atoms with E-state index < -0.39 is 12.1 Å². The molecular formula is C22H23F3N2. The van der Waals surface area contributed by atoms with Gasteiger partial charge in [-0.25, -0.2) is 0 Å². The molecule has 0 aliphatic carbocycles. The number of nitrogens with one attached hydrogen (secondary N) is 2. The highest BCUT2D eigenvalue weighted by atomic mass is 19.4. The van der Waals surface area contributed by atoms with E-state index in [1.165, 1.54) is 29.6 Å². The van der Waals surface area contributed by atoms with E-state index in [1.54, 1.807) is 24.3 Å². The Balaban J connectivity index is 0.000000159. The van der Waals surface area contributed by atoms with Crippen LogP contribution in [0.2, 0.25) is 0 Å². The fourth-order valence-corrected chi connectivity index (χ4v) is 3.20. The van der Waals surface area contributed by atoms with Gasteiger partial charge in [0, 0.05) is 34.2 Å². The van der Waals surface area contributed by atoms with Gasteiger partial charge in [0.15, 0.2) is 0 Å². The van der Waals surface area contributed by atoms with Crippen LogP contribution in [0.15, 0.2) is 60.9 Å². The van der Waals surface area contributed by atoms with Gasteiger partial charge in [0.25, 0.3) is 0 Å². The third-order valence-corrected chi connectivity index (χ3v) is 4.82. The Hall–Kier alpha value is -2.69. The van der Waals surface area contributed by atoms with Crippen LogP contribution in [0.1, 0.15) is 43.7 Å². The highest BCUT2D eigenvalue weighted by Gasteiger charge is 2.38. The Labute approximate surface area is 156 Å². The summed E-state index contributed by atoms with van der Waals surface area (Å²) in [5.41, 5.74) is 3.69. The van der Waals surface area contributed by atoms with Crippen LogP contribution in [0, 0.1) is 0 Å². The predicted octanol–water partition coefficient (Wildman–Crippen LogP) is 7.13. The van der Waals surface area contributed by atoms with Crippen LogP contribution < -0.4 is 0 Å². The van der Waals surface area contributed by atoms with Gasteiger partial charge in [-0.15, -0.1) is 0 Å². The Morgan fingerprint density at radius 2 is 1.15 bits per heavy atom. The van der Waals surface area contributed by atoms with Crippen molar-refractivity contribution in [3.63, 3.8) is 0 Å². The number of fused-ring (bicyclic) bond motifs is 2. The largest absolute Gasteiger partial charge is 0.395 e. The van der Waals surface area contributed by atoms with E-state index in [9.17, 15) is 13.2 Å². The molecule has 2 aromatic heterocycles. The molecule has 5 heteroatoms. The first kappa shape index (κ1) is 19.1. The molecule has 0 spiro atoms. The van der Waals surface area contributed by atoms with E-state index in [2.05, 4.69) is 54.3 Å². The number of aromatic nitrogens is 2. The van der Waals surface area contributed by atoms with Gasteiger partial charge in [0.2, 0.25) is 0 Å². The number of aromatic amines is 2. The van der Waals surface area contributed by atoms with Gasteiger partial charge < -0.3 is 9.97 Å². The number of para-hydroxylation sites is 2. The molecule has 0 aliphatic rings. The normalized spacial score (nSPS) is 13.0. The van der Waals surface area contributed by atoms with Gasteiger partial charge in [-0.2, -0.15) is 13.2 Å². The Morgan fingerprint density at radius 1 is 0.704 bits per heavy atom. The van der Waals surface area contributed by atoms with Crippen LogP contribution in [-0.2, 0) is 0 Å². The summed E-state index contributed by atoms with van der Waals surface area (Å²) in [5, 5.41) is 2.00. The number of H-pyrrole nitrogens is 2. The third-order valence-electron chi connectivity index (χ3n) is 4.82. The van der Waals surface area contributed by atoms with Crippen molar-refractivity contribution >= 4 is 21.8 Å². The maximum Gasteiger partial charge on any atom is 0.395 e. The molecule has 27 heavy (non-hydrogen) atoms. The van der Waals surface area contributed by atoms with Crippen molar-refractivity contribution in [2.45, 2.75) is 38.8 Å². The van der Waals surface area contributed by atoms with Gasteiger partial charge >= 0.3 is 6.18 Å². The zero-order valence-electron chi connectivity index (χ0n) is 15.6. The molecule has 1 unspecified atom stereocenters. The van der Waals surface area contributed by atoms with Crippen LogP contribution in [0.5, 0.6) is 0 Å². The molecule has 0 bridgehead atoms. The Kier molecular flexibility index (Phi) is 5.31. The monoisotopic (exact) mass is 372 g/mol. The molecule has 2 aromatic carbocycles. The molecule has 2 N–H and O–H groups in total. The van der Waals surface area contributed by atoms with Crippen LogP contribution in [0.4, 0.5) is 13.2 Å². The van der Waals surface area contributed by atoms with Crippen molar-refractivity contribution in [1.29, 1.82) is 0 Å². The molecule has 4 rings (SSSR count). The summed E-state index contributed by atoms with van der Waals surface area (Å²) >= 11 is 0. The van der Waals surface area contributed by atoms with Gasteiger partial charge in [-0.05, 0) is 36.1 Å². The van der Waals surface area contributed by atoms with Crippen LogP contribution in [0.25, 0.3) is 21.8 Å². The molecule has 0 radical (unpaired) electrons. The maximum atomic E-state index is 12.5. The molecule has 0 fully saturated rings. The molecule has 0 saturated heterocycles. The van der Waals surface area contributed by atoms with E-state index in [1.807, 2.05) is 0 Å². The lowest BCUT2D eigenvalue weighted by Gasteiger charge is -2.14. The van der Waals surface area contributed by atoms with E-state index in [0.717, 1.165) is 5.52 Å². The lowest BCUT2D eigenvalue weighted by Crippen LogP contribution is -2.17. The Morgan fingerprint density at radius 3 is 1.63 bits per heavy atom. The minimum Gasteiger partial charge on any atom is -0.361 e. The first-order valence-electron chi connectivity index (χ1n) is 8.97. The van der Waals surface area contributed by atoms with Crippen molar-refractivity contribution in [2.24, 2.45) is 0 Å². The van der Waals surface area contributed by atoms with E-state index in [4.69, 9.17) is 0 Å². The van der Waals surface area contributed by atoms with E-state index >= 15 is 0 Å². The van der Waals surface area contributed by atoms with Crippen LogP contribution >= 0.6 is 0 Å². The van der Waals surface area contributed by atoms with Crippen LogP contribution in [0.3, 0.4) is 0 Å². The minimum atomic E-state index is -4.19. The number of alkyl halides is 3. The second-order valence-corrected chi connectivity index (χ2v) is 7.00. The second kappa shape index (κ2) is 7.51. The molecule has 0 aliphatic heterocycles. The standard InChI is InChI=1S/C11H10F3N.C11H13N/c1-7(11(12,13)14)9-6-15-10-5-3-2-4-8(9)10;1-8(2)10-7-12-11-6-4-3-5-9(10)11/h2-7,15H,1H3;3-8,12H,1-2H3. The smallest absolute Gasteiger partial charge is 0.361 e. The molecule has 2 heterocycles. The van der Waals surface area contributed by atoms with Crippen molar-refractivity contribution in [2.75, 3.05) is 0 Å². The summed E-state index contributed by atoms with van der Waals surface area (Å²) in [6, 6.07) is 15.4.